The van der Waals surface area contributed by atoms with E-state index < -0.39 is 0 Å². The number of likely N-dealkylation sites (tertiary alicyclic amines) is 1. The highest BCUT2D eigenvalue weighted by Crippen LogP contribution is 2.17. The summed E-state index contributed by atoms with van der Waals surface area (Å²) < 4.78 is 0. The van der Waals surface area contributed by atoms with Crippen molar-refractivity contribution in [2.45, 2.75) is 57.4 Å². The maximum Gasteiger partial charge on any atom is 0.00670 e. The van der Waals surface area contributed by atoms with Crippen LogP contribution in [0.3, 0.4) is 0 Å². The molecule has 2 nitrogen and oxygen atoms in total. The molecule has 0 aromatic carbocycles. The molecule has 1 saturated heterocycles. The fourth-order valence-corrected chi connectivity index (χ4v) is 2.90. The van der Waals surface area contributed by atoms with Gasteiger partial charge in [-0.1, -0.05) is 12.8 Å². The van der Waals surface area contributed by atoms with Crippen molar-refractivity contribution in [3.8, 4) is 0 Å². The first-order valence-electron chi connectivity index (χ1n) is 6.91. The molecule has 1 aliphatic heterocycles. The molecule has 2 aliphatic rings. The fraction of sp³-hybridized carbons (Fsp3) is 1.00. The molecule has 0 spiro atoms. The lowest BCUT2D eigenvalue weighted by Crippen LogP contribution is -2.28. The minimum absolute atomic E-state index is 0. The average molecular weight is 247 g/mol. The number of hydrogen-bond donors (Lipinski definition) is 1. The van der Waals surface area contributed by atoms with Gasteiger partial charge in [0.2, 0.25) is 0 Å². The second-order valence-corrected chi connectivity index (χ2v) is 5.19. The Hall–Kier alpha value is 0.210. The Morgan fingerprint density at radius 3 is 2.31 bits per heavy atom. The van der Waals surface area contributed by atoms with Crippen molar-refractivity contribution in [1.29, 1.82) is 0 Å². The van der Waals surface area contributed by atoms with E-state index >= 15 is 0 Å². The summed E-state index contributed by atoms with van der Waals surface area (Å²) >= 11 is 0. The normalized spacial score (nSPS) is 22.5. The van der Waals surface area contributed by atoms with Crippen molar-refractivity contribution in [3.05, 3.63) is 0 Å². The van der Waals surface area contributed by atoms with Crippen LogP contribution in [0, 0.1) is 0 Å². The maximum atomic E-state index is 3.69. The highest BCUT2D eigenvalue weighted by atomic mass is 35.5. The van der Waals surface area contributed by atoms with Gasteiger partial charge in [0.25, 0.3) is 0 Å². The number of nitrogens with one attached hydrogen (secondary N) is 1. The molecule has 0 radical (unpaired) electrons. The predicted molar refractivity (Wildman–Crippen MR) is 72.4 cm³/mol. The van der Waals surface area contributed by atoms with E-state index in [-0.39, 0.29) is 12.4 Å². The molecule has 0 atom stereocenters. The molecule has 0 bridgehead atoms. The van der Waals surface area contributed by atoms with Crippen molar-refractivity contribution in [2.24, 2.45) is 0 Å². The Morgan fingerprint density at radius 2 is 1.62 bits per heavy atom. The summed E-state index contributed by atoms with van der Waals surface area (Å²) in [7, 11) is 0. The minimum atomic E-state index is 0. The van der Waals surface area contributed by atoms with Gasteiger partial charge in [-0.05, 0) is 64.7 Å². The summed E-state index contributed by atoms with van der Waals surface area (Å²) in [5.41, 5.74) is 0. The molecule has 0 aromatic heterocycles. The van der Waals surface area contributed by atoms with Gasteiger partial charge in [-0.3, -0.25) is 0 Å². The monoisotopic (exact) mass is 246 g/mol. The van der Waals surface area contributed by atoms with Crippen LogP contribution in [-0.2, 0) is 0 Å². The minimum Gasteiger partial charge on any atom is -0.314 e. The number of hydrogen-bond acceptors (Lipinski definition) is 2. The molecule has 1 aliphatic carbocycles. The Balaban J connectivity index is 0.00000128. The molecule has 0 unspecified atom stereocenters. The topological polar surface area (TPSA) is 15.3 Å². The van der Waals surface area contributed by atoms with Crippen LogP contribution < -0.4 is 5.32 Å². The SMILES string of the molecule is C(CCN1CCCC1)CNC1CCCC1.Cl. The lowest BCUT2D eigenvalue weighted by molar-refractivity contribution is 0.327. The van der Waals surface area contributed by atoms with Gasteiger partial charge in [0, 0.05) is 6.04 Å². The van der Waals surface area contributed by atoms with Crippen LogP contribution in [-0.4, -0.2) is 37.1 Å². The summed E-state index contributed by atoms with van der Waals surface area (Å²) in [4.78, 5) is 2.62. The van der Waals surface area contributed by atoms with E-state index in [1.165, 1.54) is 77.5 Å². The van der Waals surface area contributed by atoms with E-state index in [1.54, 1.807) is 0 Å². The third-order valence-corrected chi connectivity index (χ3v) is 3.89. The Kier molecular flexibility index (Phi) is 7.42. The lowest BCUT2D eigenvalue weighted by Gasteiger charge is -2.15. The first kappa shape index (κ1) is 14.3. The second kappa shape index (κ2) is 8.32. The highest BCUT2D eigenvalue weighted by Gasteiger charge is 2.13. The third kappa shape index (κ3) is 5.03. The first-order chi connectivity index (χ1) is 7.45. The molecule has 2 rings (SSSR count). The van der Waals surface area contributed by atoms with Crippen LogP contribution in [0.15, 0.2) is 0 Å². The van der Waals surface area contributed by atoms with Crippen LogP contribution in [0.25, 0.3) is 0 Å². The van der Waals surface area contributed by atoms with Gasteiger partial charge in [0.15, 0.2) is 0 Å². The van der Waals surface area contributed by atoms with Gasteiger partial charge < -0.3 is 10.2 Å². The van der Waals surface area contributed by atoms with E-state index in [2.05, 4.69) is 10.2 Å². The van der Waals surface area contributed by atoms with E-state index in [9.17, 15) is 0 Å². The van der Waals surface area contributed by atoms with Gasteiger partial charge in [-0.2, -0.15) is 0 Å². The summed E-state index contributed by atoms with van der Waals surface area (Å²) in [6.45, 7) is 5.30. The summed E-state index contributed by atoms with van der Waals surface area (Å²) in [6.07, 6.45) is 11.4. The lowest BCUT2D eigenvalue weighted by atomic mass is 10.2. The van der Waals surface area contributed by atoms with Crippen molar-refractivity contribution in [3.63, 3.8) is 0 Å². The number of halogens is 1. The average Bonchev–Trinajstić information content (AvgIpc) is 2.88. The standard InChI is InChI=1S/C13H26N2.ClH/c1-2-8-13(7-1)14-9-3-4-10-15-11-5-6-12-15;/h13-14H,1-12H2;1H. The Labute approximate surface area is 107 Å². The largest absolute Gasteiger partial charge is 0.314 e. The highest BCUT2D eigenvalue weighted by molar-refractivity contribution is 5.85. The second-order valence-electron chi connectivity index (χ2n) is 5.19. The van der Waals surface area contributed by atoms with Crippen LogP contribution in [0.5, 0.6) is 0 Å². The zero-order chi connectivity index (χ0) is 10.3. The zero-order valence-corrected chi connectivity index (χ0v) is 11.2. The van der Waals surface area contributed by atoms with Gasteiger partial charge in [0.05, 0.1) is 0 Å². The summed E-state index contributed by atoms with van der Waals surface area (Å²) in [5.74, 6) is 0. The molecule has 0 amide bonds. The Morgan fingerprint density at radius 1 is 0.938 bits per heavy atom. The van der Waals surface area contributed by atoms with Crippen LogP contribution in [0.2, 0.25) is 0 Å². The molecule has 2 fully saturated rings. The predicted octanol–water partition coefficient (Wildman–Crippen LogP) is 2.82. The van der Waals surface area contributed by atoms with Crippen LogP contribution in [0.1, 0.15) is 51.4 Å². The number of nitrogens with zero attached hydrogens (tertiary/aromatic N) is 1. The molecule has 1 heterocycles. The smallest absolute Gasteiger partial charge is 0.00670 e. The van der Waals surface area contributed by atoms with Crippen LogP contribution in [0.4, 0.5) is 0 Å². The van der Waals surface area contributed by atoms with Gasteiger partial charge in [0.1, 0.15) is 0 Å². The summed E-state index contributed by atoms with van der Waals surface area (Å²) in [5, 5.41) is 3.69. The van der Waals surface area contributed by atoms with E-state index in [0.717, 1.165) is 6.04 Å². The van der Waals surface area contributed by atoms with Gasteiger partial charge in [-0.25, -0.2) is 0 Å². The molecule has 16 heavy (non-hydrogen) atoms. The van der Waals surface area contributed by atoms with Crippen molar-refractivity contribution < 1.29 is 0 Å². The first-order valence-corrected chi connectivity index (χ1v) is 6.91. The zero-order valence-electron chi connectivity index (χ0n) is 10.4. The van der Waals surface area contributed by atoms with E-state index in [0.29, 0.717) is 0 Å². The molecule has 96 valence electrons. The van der Waals surface area contributed by atoms with Crippen molar-refractivity contribution in [1.82, 2.24) is 10.2 Å². The maximum absolute atomic E-state index is 3.69. The van der Waals surface area contributed by atoms with E-state index in [1.807, 2.05) is 0 Å². The molecule has 3 heteroatoms. The Bertz CT molecular complexity index is 145. The number of rotatable bonds is 6. The number of unbranched alkanes of at least 4 members (excludes halogenated alkanes) is 1. The quantitative estimate of drug-likeness (QED) is 0.726. The van der Waals surface area contributed by atoms with E-state index in [4.69, 9.17) is 0 Å². The van der Waals surface area contributed by atoms with Crippen molar-refractivity contribution >= 4 is 12.4 Å². The molecular formula is C13H27ClN2. The molecule has 1 N–H and O–H groups in total. The molecule has 0 aromatic rings. The molecule has 1 saturated carbocycles. The molecular weight excluding hydrogens is 220 g/mol. The van der Waals surface area contributed by atoms with Gasteiger partial charge >= 0.3 is 0 Å². The summed E-state index contributed by atoms with van der Waals surface area (Å²) in [6, 6.07) is 0.858. The van der Waals surface area contributed by atoms with Gasteiger partial charge in [-0.15, -0.1) is 12.4 Å². The third-order valence-electron chi connectivity index (χ3n) is 3.89. The van der Waals surface area contributed by atoms with Crippen LogP contribution >= 0.6 is 12.4 Å². The fourth-order valence-electron chi connectivity index (χ4n) is 2.90. The van der Waals surface area contributed by atoms with Crippen molar-refractivity contribution in [2.75, 3.05) is 26.2 Å².